The Bertz CT molecular complexity index is 1080. The molecule has 1 aliphatic rings. The molecule has 0 saturated carbocycles. The van der Waals surface area contributed by atoms with Crippen LogP contribution in [0.4, 0.5) is 0 Å². The van der Waals surface area contributed by atoms with E-state index >= 15 is 0 Å². The van der Waals surface area contributed by atoms with E-state index in [1.54, 1.807) is 0 Å². The van der Waals surface area contributed by atoms with Crippen molar-refractivity contribution in [3.8, 4) is 11.5 Å². The molecular formula is C26H35N7O6. The highest BCUT2D eigenvalue weighted by molar-refractivity contribution is 6.04. The number of aromatic hydroxyl groups is 2. The molecule has 3 rings (SSSR count). The molecular weight excluding hydrogens is 506 g/mol. The molecule has 13 nitrogen and oxygen atoms in total. The number of amides is 4. The monoisotopic (exact) mass is 541 g/mol. The first-order valence-electron chi connectivity index (χ1n) is 12.8. The topological polar surface area (TPSA) is 193 Å². The standard InChI is InChI=1S/C26H35N7O6/c34-21-17-3-1-5-19(21)25(38)32-15-11-29-12-16-33-26(39)20-6-2-4-18(22(20)35)24(37)31-14-10-28-8-7-27-9-13-30-23(17)36/h1-6,27-29,34-35H,7-16H2,(H,30,36)(H,31,37)(H,32,38)(H,33,39). The van der Waals surface area contributed by atoms with E-state index < -0.39 is 35.1 Å². The van der Waals surface area contributed by atoms with Crippen LogP contribution in [-0.2, 0) is 0 Å². The van der Waals surface area contributed by atoms with Crippen LogP contribution in [0.15, 0.2) is 36.4 Å². The lowest BCUT2D eigenvalue weighted by atomic mass is 10.1. The normalized spacial score (nSPS) is 17.6. The van der Waals surface area contributed by atoms with Gasteiger partial charge in [-0.25, -0.2) is 0 Å². The van der Waals surface area contributed by atoms with Crippen molar-refractivity contribution in [2.45, 2.75) is 0 Å². The van der Waals surface area contributed by atoms with Crippen LogP contribution in [-0.4, -0.2) is 99.3 Å². The second kappa shape index (κ2) is 15.3. The number of hydrogen-bond acceptors (Lipinski definition) is 9. The molecule has 0 radical (unpaired) electrons. The zero-order valence-electron chi connectivity index (χ0n) is 21.6. The summed E-state index contributed by atoms with van der Waals surface area (Å²) >= 11 is 0. The molecule has 4 amide bonds. The molecule has 0 fully saturated rings. The summed E-state index contributed by atoms with van der Waals surface area (Å²) in [6.07, 6.45) is 0. The van der Waals surface area contributed by atoms with Crippen molar-refractivity contribution in [3.63, 3.8) is 0 Å². The fourth-order valence-electron chi connectivity index (χ4n) is 3.81. The van der Waals surface area contributed by atoms with Gasteiger partial charge in [0.15, 0.2) is 0 Å². The molecule has 2 aromatic rings. The van der Waals surface area contributed by atoms with Crippen molar-refractivity contribution in [1.82, 2.24) is 37.2 Å². The molecule has 4 bridgehead atoms. The number of hydrogen-bond donors (Lipinski definition) is 9. The first kappa shape index (κ1) is 29.4. The SMILES string of the molecule is O=C1NCCNCCNCCNC(=O)c2cccc(c2O)C(=O)NCCNCCNC(=O)c2cccc1c2O. The molecule has 2 aromatic carbocycles. The van der Waals surface area contributed by atoms with Gasteiger partial charge in [0.1, 0.15) is 11.5 Å². The molecule has 0 unspecified atom stereocenters. The van der Waals surface area contributed by atoms with Crippen LogP contribution < -0.4 is 37.2 Å². The summed E-state index contributed by atoms with van der Waals surface area (Å²) in [5.41, 5.74) is 0.000613. The number of nitrogens with one attached hydrogen (secondary N) is 7. The predicted molar refractivity (Wildman–Crippen MR) is 144 cm³/mol. The maximum absolute atomic E-state index is 12.5. The average Bonchev–Trinajstić information content (AvgIpc) is 2.92. The maximum atomic E-state index is 12.5. The highest BCUT2D eigenvalue weighted by atomic mass is 16.3. The molecule has 0 atom stereocenters. The average molecular weight is 542 g/mol. The molecule has 1 aliphatic heterocycles. The summed E-state index contributed by atoms with van der Waals surface area (Å²) in [5, 5.41) is 41.1. The molecule has 210 valence electrons. The lowest BCUT2D eigenvalue weighted by Gasteiger charge is -2.12. The number of fused-ring (bicyclic) bond motifs is 4. The van der Waals surface area contributed by atoms with Crippen LogP contribution in [0.25, 0.3) is 0 Å². The zero-order chi connectivity index (χ0) is 28.0. The Labute approximate surface area is 226 Å². The molecule has 9 N–H and O–H groups in total. The second-order valence-corrected chi connectivity index (χ2v) is 8.68. The fourth-order valence-corrected chi connectivity index (χ4v) is 3.81. The number of phenols is 2. The van der Waals surface area contributed by atoms with Crippen LogP contribution in [0.3, 0.4) is 0 Å². The van der Waals surface area contributed by atoms with E-state index in [1.165, 1.54) is 36.4 Å². The molecule has 1 heterocycles. The van der Waals surface area contributed by atoms with Gasteiger partial charge >= 0.3 is 0 Å². The van der Waals surface area contributed by atoms with Gasteiger partial charge in [-0.05, 0) is 24.3 Å². The summed E-state index contributed by atoms with van der Waals surface area (Å²) in [6.45, 7) is 4.06. The van der Waals surface area contributed by atoms with Crippen LogP contribution in [0.1, 0.15) is 41.4 Å². The van der Waals surface area contributed by atoms with Gasteiger partial charge in [0, 0.05) is 65.4 Å². The van der Waals surface area contributed by atoms with E-state index in [0.29, 0.717) is 52.4 Å². The maximum Gasteiger partial charge on any atom is 0.255 e. The van der Waals surface area contributed by atoms with Crippen LogP contribution >= 0.6 is 0 Å². The Morgan fingerprint density at radius 2 is 0.641 bits per heavy atom. The van der Waals surface area contributed by atoms with Gasteiger partial charge in [-0.2, -0.15) is 0 Å². The summed E-state index contributed by atoms with van der Waals surface area (Å²) in [6, 6.07) is 8.82. The van der Waals surface area contributed by atoms with Gasteiger partial charge in [0.25, 0.3) is 23.6 Å². The quantitative estimate of drug-likeness (QED) is 0.191. The minimum Gasteiger partial charge on any atom is -0.506 e. The van der Waals surface area contributed by atoms with Gasteiger partial charge in [-0.3, -0.25) is 19.2 Å². The smallest absolute Gasteiger partial charge is 0.255 e. The van der Waals surface area contributed by atoms with Gasteiger partial charge in [-0.1, -0.05) is 12.1 Å². The van der Waals surface area contributed by atoms with Gasteiger partial charge in [0.05, 0.1) is 22.3 Å². The minimum atomic E-state index is -0.525. The van der Waals surface area contributed by atoms with E-state index in [1.807, 2.05) is 0 Å². The number of para-hydroxylation sites is 2. The third-order valence-electron chi connectivity index (χ3n) is 5.88. The van der Waals surface area contributed by atoms with Crippen molar-refractivity contribution in [1.29, 1.82) is 0 Å². The largest absolute Gasteiger partial charge is 0.506 e. The van der Waals surface area contributed by atoms with Crippen LogP contribution in [0.5, 0.6) is 11.5 Å². The third-order valence-corrected chi connectivity index (χ3v) is 5.88. The molecule has 0 saturated heterocycles. The van der Waals surface area contributed by atoms with E-state index in [2.05, 4.69) is 37.2 Å². The fraction of sp³-hybridized carbons (Fsp3) is 0.385. The van der Waals surface area contributed by atoms with Gasteiger partial charge in [-0.15, -0.1) is 0 Å². The lowest BCUT2D eigenvalue weighted by molar-refractivity contribution is 0.0933. The molecule has 0 aliphatic carbocycles. The number of rotatable bonds is 0. The van der Waals surface area contributed by atoms with Crippen molar-refractivity contribution < 1.29 is 29.4 Å². The highest BCUT2D eigenvalue weighted by Gasteiger charge is 2.19. The minimum absolute atomic E-state index is 0.00789. The van der Waals surface area contributed by atoms with Crippen molar-refractivity contribution >= 4 is 23.6 Å². The first-order valence-corrected chi connectivity index (χ1v) is 12.8. The Morgan fingerprint density at radius 3 is 0.897 bits per heavy atom. The second-order valence-electron chi connectivity index (χ2n) is 8.68. The Hall–Kier alpha value is -4.20. The van der Waals surface area contributed by atoms with E-state index in [-0.39, 0.29) is 35.3 Å². The van der Waals surface area contributed by atoms with Gasteiger partial charge < -0.3 is 47.4 Å². The van der Waals surface area contributed by atoms with E-state index in [9.17, 15) is 29.4 Å². The molecule has 0 aromatic heterocycles. The number of phenolic OH excluding ortho intramolecular Hbond substituents is 2. The van der Waals surface area contributed by atoms with E-state index in [0.717, 1.165) is 0 Å². The predicted octanol–water partition coefficient (Wildman–Crippen LogP) is -1.50. The zero-order valence-corrected chi connectivity index (χ0v) is 21.6. The van der Waals surface area contributed by atoms with E-state index in [4.69, 9.17) is 0 Å². The van der Waals surface area contributed by atoms with Crippen LogP contribution in [0, 0.1) is 0 Å². The Morgan fingerprint density at radius 1 is 0.410 bits per heavy atom. The number of carbonyl (C=O) groups is 4. The first-order chi connectivity index (χ1) is 18.9. The Kier molecular flexibility index (Phi) is 11.5. The Balaban J connectivity index is 1.61. The molecule has 13 heteroatoms. The summed E-state index contributed by atoms with van der Waals surface area (Å²) in [5.74, 6) is -2.81. The number of benzene rings is 2. The summed E-state index contributed by atoms with van der Waals surface area (Å²) in [4.78, 5) is 50.0. The highest BCUT2D eigenvalue weighted by Crippen LogP contribution is 2.23. The molecule has 0 spiro atoms. The third kappa shape index (κ3) is 8.67. The summed E-state index contributed by atoms with van der Waals surface area (Å²) in [7, 11) is 0. The van der Waals surface area contributed by atoms with Gasteiger partial charge in [0.2, 0.25) is 0 Å². The summed E-state index contributed by atoms with van der Waals surface area (Å²) < 4.78 is 0. The van der Waals surface area contributed by atoms with Crippen molar-refractivity contribution in [3.05, 3.63) is 58.7 Å². The van der Waals surface area contributed by atoms with Crippen molar-refractivity contribution in [2.24, 2.45) is 0 Å². The molecule has 39 heavy (non-hydrogen) atoms. The lowest BCUT2D eigenvalue weighted by Crippen LogP contribution is -2.37. The number of carbonyl (C=O) groups excluding carboxylic acids is 4. The van der Waals surface area contributed by atoms with Crippen LogP contribution in [0.2, 0.25) is 0 Å². The van der Waals surface area contributed by atoms with Crippen molar-refractivity contribution in [2.75, 3.05) is 65.4 Å².